The number of ether oxygens (including phenoxy) is 3. The first-order valence-corrected chi connectivity index (χ1v) is 25.2. The predicted octanol–water partition coefficient (Wildman–Crippen LogP) is 14.0. The topological polar surface area (TPSA) is 82.1 Å². The lowest BCUT2D eigenvalue weighted by molar-refractivity contribution is -0.150. The Bertz CT molecular complexity index is 895. The molecule has 0 radical (unpaired) electrons. The minimum absolute atomic E-state index is 0.00805. The van der Waals surface area contributed by atoms with Gasteiger partial charge in [-0.2, -0.15) is 0 Å². The molecule has 0 aromatic carbocycles. The maximum atomic E-state index is 12.9. The van der Waals surface area contributed by atoms with Gasteiger partial charge < -0.3 is 19.1 Å². The number of hydrogen-bond acceptors (Lipinski definition) is 7. The molecule has 2 fully saturated rings. The first kappa shape index (κ1) is 51.5. The van der Waals surface area contributed by atoms with Crippen molar-refractivity contribution in [1.82, 2.24) is 4.90 Å². The van der Waals surface area contributed by atoms with E-state index in [1.807, 2.05) is 0 Å². The van der Waals surface area contributed by atoms with E-state index in [4.69, 9.17) is 14.2 Å². The molecule has 334 valence electrons. The second-order valence-electron chi connectivity index (χ2n) is 18.2. The Labute approximate surface area is 352 Å². The monoisotopic (exact) mass is 804 g/mol. The summed E-state index contributed by atoms with van der Waals surface area (Å²) in [5.41, 5.74) is 0. The molecular formula is C50H93NO6. The maximum absolute atomic E-state index is 12.9. The van der Waals surface area contributed by atoms with Crippen LogP contribution >= 0.6 is 0 Å². The normalized spacial score (nSPS) is 24.9. The molecule has 0 spiro atoms. The van der Waals surface area contributed by atoms with Crippen LogP contribution < -0.4 is 0 Å². The molecule has 0 aliphatic carbocycles. The molecule has 2 unspecified atom stereocenters. The number of carbonyl (C=O) groups is 3. The lowest BCUT2D eigenvalue weighted by Crippen LogP contribution is -2.31. The summed E-state index contributed by atoms with van der Waals surface area (Å²) in [6.45, 7) is 9.05. The van der Waals surface area contributed by atoms with Crippen LogP contribution in [0.2, 0.25) is 0 Å². The van der Waals surface area contributed by atoms with Gasteiger partial charge in [-0.1, -0.05) is 162 Å². The van der Waals surface area contributed by atoms with E-state index in [-0.39, 0.29) is 24.0 Å². The van der Waals surface area contributed by atoms with Crippen LogP contribution in [-0.4, -0.2) is 61.8 Å². The van der Waals surface area contributed by atoms with Crippen molar-refractivity contribution in [3.05, 3.63) is 0 Å². The Morgan fingerprint density at radius 2 is 0.930 bits per heavy atom. The van der Waals surface area contributed by atoms with E-state index in [0.717, 1.165) is 77.2 Å². The van der Waals surface area contributed by atoms with E-state index in [1.165, 1.54) is 161 Å². The van der Waals surface area contributed by atoms with E-state index in [1.54, 1.807) is 0 Å². The van der Waals surface area contributed by atoms with Crippen LogP contribution in [0.25, 0.3) is 0 Å². The molecule has 57 heavy (non-hydrogen) atoms. The minimum Gasteiger partial charge on any atom is -0.466 e. The van der Waals surface area contributed by atoms with E-state index < -0.39 is 0 Å². The largest absolute Gasteiger partial charge is 0.466 e. The van der Waals surface area contributed by atoms with E-state index in [0.29, 0.717) is 44.3 Å². The van der Waals surface area contributed by atoms with Crippen LogP contribution in [0.4, 0.5) is 0 Å². The van der Waals surface area contributed by atoms with Gasteiger partial charge >= 0.3 is 17.9 Å². The Morgan fingerprint density at radius 3 is 1.39 bits per heavy atom. The third-order valence-electron chi connectivity index (χ3n) is 12.9. The highest BCUT2D eigenvalue weighted by atomic mass is 16.5. The van der Waals surface area contributed by atoms with Crippen molar-refractivity contribution < 1.29 is 28.6 Å². The number of likely N-dealkylation sites (tertiary alicyclic amines) is 1. The van der Waals surface area contributed by atoms with Crippen molar-refractivity contribution in [1.29, 1.82) is 0 Å². The number of unbranched alkanes of at least 4 members (excludes halogenated alkanes) is 2. The van der Waals surface area contributed by atoms with Gasteiger partial charge in [-0.25, -0.2) is 0 Å². The summed E-state index contributed by atoms with van der Waals surface area (Å²) in [6, 6.07) is 0. The number of cyclic esters (lactones) is 2. The van der Waals surface area contributed by atoms with Crippen LogP contribution in [-0.2, 0) is 28.6 Å². The molecule has 2 atom stereocenters. The molecule has 0 saturated carbocycles. The second kappa shape index (κ2) is 37.4. The zero-order valence-corrected chi connectivity index (χ0v) is 37.8. The van der Waals surface area contributed by atoms with Crippen molar-refractivity contribution >= 4 is 17.9 Å². The lowest BCUT2D eigenvalue weighted by atomic mass is 9.90. The Morgan fingerprint density at radius 1 is 0.526 bits per heavy atom. The molecule has 0 aromatic heterocycles. The average Bonchev–Trinajstić information content (AvgIpc) is 3.21. The third-order valence-corrected chi connectivity index (χ3v) is 12.9. The number of piperidine rings is 1. The fraction of sp³-hybridized carbons (Fsp3) is 0.940. The minimum atomic E-state index is -0.0172. The molecule has 0 N–H and O–H groups in total. The van der Waals surface area contributed by atoms with Crippen molar-refractivity contribution in [2.75, 3.05) is 32.8 Å². The molecular weight excluding hydrogens is 711 g/mol. The Hall–Kier alpha value is -1.63. The van der Waals surface area contributed by atoms with Crippen molar-refractivity contribution in [3.63, 3.8) is 0 Å². The zero-order valence-electron chi connectivity index (χ0n) is 37.8. The van der Waals surface area contributed by atoms with Gasteiger partial charge in [-0.15, -0.1) is 0 Å². The molecule has 2 saturated heterocycles. The summed E-state index contributed by atoms with van der Waals surface area (Å²) in [5, 5.41) is 0. The Balaban J connectivity index is 1.81. The molecule has 2 rings (SSSR count). The zero-order chi connectivity index (χ0) is 40.9. The number of rotatable bonds is 11. The fourth-order valence-corrected chi connectivity index (χ4v) is 9.08. The summed E-state index contributed by atoms with van der Waals surface area (Å²) >= 11 is 0. The summed E-state index contributed by atoms with van der Waals surface area (Å²) < 4.78 is 17.5. The number of carbonyl (C=O) groups excluding carboxylic acids is 3. The molecule has 2 aliphatic heterocycles. The van der Waals surface area contributed by atoms with Crippen molar-refractivity contribution in [2.24, 2.45) is 11.8 Å². The van der Waals surface area contributed by atoms with Crippen LogP contribution in [0.5, 0.6) is 0 Å². The van der Waals surface area contributed by atoms with Gasteiger partial charge in [0.1, 0.15) is 6.10 Å². The quantitative estimate of drug-likeness (QED) is 0.152. The van der Waals surface area contributed by atoms with Gasteiger partial charge in [-0.3, -0.25) is 14.4 Å². The molecule has 2 heterocycles. The van der Waals surface area contributed by atoms with Gasteiger partial charge in [0.05, 0.1) is 13.2 Å². The molecule has 0 aromatic rings. The standard InChI is InChI=1S/C50H93NO6/c1-3-5-29-45-31-20-17-18-21-32-46(30-6-4-2)39-44-56-49(53)36-25-16-12-8-10-14-23-34-47(57-50(54)37-28-42-51-40-26-19-27-41-51)33-22-13-9-7-11-15-24-35-48(52)55-43-38-45/h45-47H,3-44H2,1-2H3. The molecule has 0 bridgehead atoms. The highest BCUT2D eigenvalue weighted by molar-refractivity contribution is 5.70. The van der Waals surface area contributed by atoms with E-state index in [9.17, 15) is 14.4 Å². The summed E-state index contributed by atoms with van der Waals surface area (Å²) in [7, 11) is 0. The molecule has 7 heteroatoms. The smallest absolute Gasteiger partial charge is 0.306 e. The SMILES string of the molecule is CCCCC1CCCCCCC(CCCC)CCOC(=O)CCCCCCCCCC(OC(=O)CCCN2CCCCC2)CCCCCCCCCC(=O)OCC1. The molecule has 7 nitrogen and oxygen atoms in total. The highest BCUT2D eigenvalue weighted by Gasteiger charge is 2.17. The van der Waals surface area contributed by atoms with Crippen LogP contribution in [0.15, 0.2) is 0 Å². The van der Waals surface area contributed by atoms with Gasteiger partial charge in [0.2, 0.25) is 0 Å². The van der Waals surface area contributed by atoms with Crippen molar-refractivity contribution in [2.45, 2.75) is 258 Å². The average molecular weight is 804 g/mol. The van der Waals surface area contributed by atoms with Crippen molar-refractivity contribution in [3.8, 4) is 0 Å². The number of esters is 3. The first-order chi connectivity index (χ1) is 28.0. The van der Waals surface area contributed by atoms with E-state index in [2.05, 4.69) is 18.7 Å². The van der Waals surface area contributed by atoms with Crippen LogP contribution in [0, 0.1) is 11.8 Å². The van der Waals surface area contributed by atoms with Crippen LogP contribution in [0.3, 0.4) is 0 Å². The summed E-state index contributed by atoms with van der Waals surface area (Å²) in [4.78, 5) is 40.4. The fourth-order valence-electron chi connectivity index (χ4n) is 9.08. The van der Waals surface area contributed by atoms with Gasteiger partial charge in [-0.05, 0) is 102 Å². The predicted molar refractivity (Wildman–Crippen MR) is 237 cm³/mol. The molecule has 0 amide bonds. The second-order valence-corrected chi connectivity index (χ2v) is 18.2. The number of hydrogen-bond donors (Lipinski definition) is 0. The van der Waals surface area contributed by atoms with Gasteiger partial charge in [0, 0.05) is 19.3 Å². The third kappa shape index (κ3) is 31.0. The summed E-state index contributed by atoms with van der Waals surface area (Å²) in [6.07, 6.45) is 41.3. The number of nitrogens with zero attached hydrogens (tertiary/aromatic N) is 1. The van der Waals surface area contributed by atoms with Gasteiger partial charge in [0.15, 0.2) is 0 Å². The van der Waals surface area contributed by atoms with Crippen LogP contribution in [0.1, 0.15) is 251 Å². The maximum Gasteiger partial charge on any atom is 0.306 e. The molecule has 2 aliphatic rings. The summed E-state index contributed by atoms with van der Waals surface area (Å²) in [5.74, 6) is 1.28. The lowest BCUT2D eigenvalue weighted by Gasteiger charge is -2.26. The van der Waals surface area contributed by atoms with Gasteiger partial charge in [0.25, 0.3) is 0 Å². The van der Waals surface area contributed by atoms with E-state index >= 15 is 0 Å². The Kier molecular flexibility index (Phi) is 33.8. The highest BCUT2D eigenvalue weighted by Crippen LogP contribution is 2.25. The first-order valence-electron chi connectivity index (χ1n) is 25.2.